The van der Waals surface area contributed by atoms with Gasteiger partial charge >= 0.3 is 17.6 Å². The third-order valence-electron chi connectivity index (χ3n) is 2.24. The van der Waals surface area contributed by atoms with Gasteiger partial charge in [-0.25, -0.2) is 9.59 Å². The summed E-state index contributed by atoms with van der Waals surface area (Å²) >= 11 is 0. The molecule has 0 spiro atoms. The molecule has 7 heteroatoms. The zero-order chi connectivity index (χ0) is 16.2. The lowest BCUT2D eigenvalue weighted by molar-refractivity contribution is -0.385. The lowest BCUT2D eigenvalue weighted by Gasteiger charge is -2.07. The minimum Gasteiger partial charge on any atom is -0.423 e. The molecule has 0 saturated carbocycles. The van der Waals surface area contributed by atoms with Crippen molar-refractivity contribution in [2.45, 2.75) is 13.8 Å². The van der Waals surface area contributed by atoms with Crippen molar-refractivity contribution in [3.8, 4) is 11.5 Å². The molecule has 0 heterocycles. The average Bonchev–Trinajstić information content (AvgIpc) is 2.39. The van der Waals surface area contributed by atoms with Gasteiger partial charge in [-0.3, -0.25) is 10.1 Å². The number of carbonyl (C=O) groups is 2. The Balaban J connectivity index is 3.10. The van der Waals surface area contributed by atoms with E-state index in [1.165, 1.54) is 26.0 Å². The fourth-order valence-corrected chi connectivity index (χ4v) is 1.17. The zero-order valence-electron chi connectivity index (χ0n) is 11.5. The number of hydrogen-bond acceptors (Lipinski definition) is 6. The van der Waals surface area contributed by atoms with Crippen LogP contribution in [0.5, 0.6) is 11.5 Å². The number of nitro groups is 1. The maximum absolute atomic E-state index is 11.4. The van der Waals surface area contributed by atoms with E-state index in [0.29, 0.717) is 0 Å². The summed E-state index contributed by atoms with van der Waals surface area (Å²) in [6.07, 6.45) is 0. The summed E-state index contributed by atoms with van der Waals surface area (Å²) in [7, 11) is 0. The van der Waals surface area contributed by atoms with E-state index >= 15 is 0 Å². The van der Waals surface area contributed by atoms with Crippen LogP contribution < -0.4 is 9.47 Å². The number of nitro benzene ring substituents is 1. The Kier molecular flexibility index (Phi) is 4.96. The minimum atomic E-state index is -0.787. The highest BCUT2D eigenvalue weighted by Crippen LogP contribution is 2.31. The zero-order valence-corrected chi connectivity index (χ0v) is 11.5. The van der Waals surface area contributed by atoms with E-state index in [-0.39, 0.29) is 22.6 Å². The summed E-state index contributed by atoms with van der Waals surface area (Å²) < 4.78 is 9.71. The number of hydrogen-bond donors (Lipinski definition) is 0. The Hall–Kier alpha value is -2.96. The first kappa shape index (κ1) is 16.1. The molecule has 0 unspecified atom stereocenters. The molecule has 0 atom stereocenters. The standard InChI is InChI=1S/C14H13NO6/c1-8(2)13(16)20-10-5-6-12(11(7-10)15(18)19)21-14(17)9(3)4/h5-7H,1,3H2,2,4H3. The molecule has 1 aromatic rings. The Morgan fingerprint density at radius 1 is 1.10 bits per heavy atom. The number of rotatable bonds is 5. The highest BCUT2D eigenvalue weighted by atomic mass is 16.6. The molecule has 110 valence electrons. The lowest BCUT2D eigenvalue weighted by Crippen LogP contribution is -2.11. The van der Waals surface area contributed by atoms with Gasteiger partial charge in [0.05, 0.1) is 11.0 Å². The van der Waals surface area contributed by atoms with Gasteiger partial charge in [0.1, 0.15) is 5.75 Å². The van der Waals surface area contributed by atoms with Crippen molar-refractivity contribution in [2.75, 3.05) is 0 Å². The van der Waals surface area contributed by atoms with E-state index < -0.39 is 22.5 Å². The fourth-order valence-electron chi connectivity index (χ4n) is 1.17. The van der Waals surface area contributed by atoms with Crippen molar-refractivity contribution in [2.24, 2.45) is 0 Å². The van der Waals surface area contributed by atoms with Crippen LogP contribution in [-0.4, -0.2) is 16.9 Å². The molecule has 7 nitrogen and oxygen atoms in total. The third-order valence-corrected chi connectivity index (χ3v) is 2.24. The van der Waals surface area contributed by atoms with Crippen LogP contribution in [0, 0.1) is 10.1 Å². The fraction of sp³-hybridized carbons (Fsp3) is 0.143. The summed E-state index contributed by atoms with van der Waals surface area (Å²) in [4.78, 5) is 33.0. The Morgan fingerprint density at radius 2 is 1.62 bits per heavy atom. The lowest BCUT2D eigenvalue weighted by atomic mass is 10.2. The molecule has 0 aliphatic rings. The monoisotopic (exact) mass is 291 g/mol. The van der Waals surface area contributed by atoms with Gasteiger partial charge in [-0.2, -0.15) is 0 Å². The largest absolute Gasteiger partial charge is 0.423 e. The summed E-state index contributed by atoms with van der Waals surface area (Å²) in [5.74, 6) is -1.81. The molecule has 0 fully saturated rings. The minimum absolute atomic E-state index is 0.0511. The maximum atomic E-state index is 11.4. The van der Waals surface area contributed by atoms with Crippen LogP contribution in [0.1, 0.15) is 13.8 Å². The van der Waals surface area contributed by atoms with Crippen molar-refractivity contribution < 1.29 is 24.0 Å². The summed E-state index contributed by atoms with van der Waals surface area (Å²) in [5.41, 5.74) is -0.255. The van der Waals surface area contributed by atoms with E-state index in [1.54, 1.807) is 0 Å². The second kappa shape index (κ2) is 6.47. The SMILES string of the molecule is C=C(C)C(=O)Oc1ccc(OC(=O)C(=C)C)c([N+](=O)[O-])c1. The number of benzene rings is 1. The van der Waals surface area contributed by atoms with Gasteiger partial charge in [0.2, 0.25) is 5.75 Å². The highest BCUT2D eigenvalue weighted by Gasteiger charge is 2.20. The van der Waals surface area contributed by atoms with Gasteiger partial charge in [0.15, 0.2) is 0 Å². The van der Waals surface area contributed by atoms with Gasteiger partial charge in [-0.15, -0.1) is 0 Å². The smallest absolute Gasteiger partial charge is 0.338 e. The second-order valence-corrected chi connectivity index (χ2v) is 4.23. The number of esters is 2. The van der Waals surface area contributed by atoms with E-state index in [0.717, 1.165) is 6.07 Å². The molecule has 0 bridgehead atoms. The van der Waals surface area contributed by atoms with E-state index in [2.05, 4.69) is 13.2 Å². The summed E-state index contributed by atoms with van der Waals surface area (Å²) in [6.45, 7) is 9.63. The van der Waals surface area contributed by atoms with Crippen LogP contribution in [0.15, 0.2) is 42.5 Å². The van der Waals surface area contributed by atoms with Crippen molar-refractivity contribution in [1.29, 1.82) is 0 Å². The molecule has 1 aromatic carbocycles. The van der Waals surface area contributed by atoms with Crippen molar-refractivity contribution in [3.63, 3.8) is 0 Å². The predicted molar refractivity (Wildman–Crippen MR) is 74.0 cm³/mol. The van der Waals surface area contributed by atoms with Crippen LogP contribution >= 0.6 is 0 Å². The van der Waals surface area contributed by atoms with Crippen LogP contribution in [0.25, 0.3) is 0 Å². The second-order valence-electron chi connectivity index (χ2n) is 4.23. The molecule has 21 heavy (non-hydrogen) atoms. The molecule has 0 radical (unpaired) electrons. The molecule has 0 aliphatic carbocycles. The maximum Gasteiger partial charge on any atom is 0.338 e. The van der Waals surface area contributed by atoms with Crippen molar-refractivity contribution in [1.82, 2.24) is 0 Å². The summed E-state index contributed by atoms with van der Waals surface area (Å²) in [5, 5.41) is 11.0. The van der Waals surface area contributed by atoms with Crippen LogP contribution in [0.3, 0.4) is 0 Å². The molecule has 0 amide bonds. The first-order chi connectivity index (χ1) is 9.72. The molecule has 0 aromatic heterocycles. The molecular weight excluding hydrogens is 278 g/mol. The molecule has 0 saturated heterocycles. The van der Waals surface area contributed by atoms with Gasteiger partial charge in [-0.05, 0) is 26.0 Å². The molecule has 0 aliphatic heterocycles. The third kappa shape index (κ3) is 4.27. The van der Waals surface area contributed by atoms with E-state index in [1.807, 2.05) is 0 Å². The van der Waals surface area contributed by atoms with E-state index in [4.69, 9.17) is 9.47 Å². The Morgan fingerprint density at radius 3 is 2.10 bits per heavy atom. The molecule has 1 rings (SSSR count). The van der Waals surface area contributed by atoms with Gasteiger partial charge in [0.25, 0.3) is 0 Å². The topological polar surface area (TPSA) is 95.7 Å². The normalized spacial score (nSPS) is 9.62. The first-order valence-electron chi connectivity index (χ1n) is 5.76. The number of carbonyl (C=O) groups excluding carboxylic acids is 2. The predicted octanol–water partition coefficient (Wildman–Crippen LogP) is 2.56. The number of ether oxygens (including phenoxy) is 2. The number of nitrogens with zero attached hydrogens (tertiary/aromatic N) is 1. The van der Waals surface area contributed by atoms with Gasteiger partial charge in [-0.1, -0.05) is 13.2 Å². The summed E-state index contributed by atoms with van der Waals surface area (Å²) in [6, 6.07) is 3.43. The van der Waals surface area contributed by atoms with Crippen LogP contribution in [0.4, 0.5) is 5.69 Å². The van der Waals surface area contributed by atoms with Gasteiger partial charge < -0.3 is 9.47 Å². The highest BCUT2D eigenvalue weighted by molar-refractivity contribution is 5.90. The quantitative estimate of drug-likeness (QED) is 0.272. The first-order valence-corrected chi connectivity index (χ1v) is 5.76. The molecule has 0 N–H and O–H groups in total. The Bertz CT molecular complexity index is 647. The van der Waals surface area contributed by atoms with Crippen LogP contribution in [0.2, 0.25) is 0 Å². The van der Waals surface area contributed by atoms with Crippen molar-refractivity contribution in [3.05, 3.63) is 52.6 Å². The Labute approximate surface area is 120 Å². The van der Waals surface area contributed by atoms with E-state index in [9.17, 15) is 19.7 Å². The van der Waals surface area contributed by atoms with Crippen LogP contribution in [-0.2, 0) is 9.59 Å². The van der Waals surface area contributed by atoms with Gasteiger partial charge in [0, 0.05) is 11.1 Å². The van der Waals surface area contributed by atoms with Crippen molar-refractivity contribution >= 4 is 17.6 Å². The average molecular weight is 291 g/mol. The molecular formula is C14H13NO6.